The van der Waals surface area contributed by atoms with Crippen molar-refractivity contribution >= 4 is 5.91 Å². The van der Waals surface area contributed by atoms with E-state index in [0.29, 0.717) is 5.69 Å². The highest BCUT2D eigenvalue weighted by atomic mass is 19.1. The van der Waals surface area contributed by atoms with Crippen molar-refractivity contribution in [3.63, 3.8) is 0 Å². The molecule has 31 heavy (non-hydrogen) atoms. The van der Waals surface area contributed by atoms with Gasteiger partial charge in [-0.05, 0) is 53.1 Å². The van der Waals surface area contributed by atoms with Crippen LogP contribution >= 0.6 is 0 Å². The Morgan fingerprint density at radius 3 is 2.00 bits per heavy atom. The standard InChI is InChI=1S/C25H21FN4O/c26-20-10-8-17(9-11-20)25(22-7-1-6-21(30-22)14-23(27)31)24(18-4-2-12-28-15-18)19-5-3-13-29-16-19/h1-13,15-16,24-25H,14H2,(H2,27,31). The number of aromatic nitrogens is 3. The van der Waals surface area contributed by atoms with E-state index in [2.05, 4.69) is 9.97 Å². The number of nitrogens with two attached hydrogens (primary N) is 1. The molecule has 4 aromatic rings. The summed E-state index contributed by atoms with van der Waals surface area (Å²) in [5.74, 6) is -1.19. The number of hydrogen-bond acceptors (Lipinski definition) is 4. The zero-order valence-corrected chi connectivity index (χ0v) is 16.7. The van der Waals surface area contributed by atoms with Gasteiger partial charge < -0.3 is 5.73 Å². The maximum absolute atomic E-state index is 13.7. The molecule has 1 aromatic carbocycles. The predicted octanol–water partition coefficient (Wildman–Crippen LogP) is 4.00. The minimum absolute atomic E-state index is 0.0500. The number of primary amides is 1. The minimum Gasteiger partial charge on any atom is -0.369 e. The molecule has 0 fully saturated rings. The molecule has 3 aromatic heterocycles. The molecule has 1 unspecified atom stereocenters. The van der Waals surface area contributed by atoms with E-state index in [4.69, 9.17) is 10.7 Å². The van der Waals surface area contributed by atoms with Gasteiger partial charge in [-0.1, -0.05) is 30.3 Å². The number of amides is 1. The molecule has 0 saturated heterocycles. The minimum atomic E-state index is -0.445. The molecule has 0 bridgehead atoms. The van der Waals surface area contributed by atoms with Crippen molar-refractivity contribution in [2.75, 3.05) is 0 Å². The van der Waals surface area contributed by atoms with Gasteiger partial charge in [-0.3, -0.25) is 19.7 Å². The summed E-state index contributed by atoms with van der Waals surface area (Å²) in [6.07, 6.45) is 7.14. The van der Waals surface area contributed by atoms with E-state index in [0.717, 1.165) is 22.4 Å². The number of halogens is 1. The molecule has 0 aliphatic heterocycles. The second-order valence-electron chi connectivity index (χ2n) is 7.28. The second-order valence-corrected chi connectivity index (χ2v) is 7.28. The second kappa shape index (κ2) is 9.26. The SMILES string of the molecule is NC(=O)Cc1cccc(C(c2ccc(F)cc2)C(c2cccnc2)c2cccnc2)n1. The number of hydrogen-bond donors (Lipinski definition) is 1. The lowest BCUT2D eigenvalue weighted by Crippen LogP contribution is -2.18. The van der Waals surface area contributed by atoms with Gasteiger partial charge >= 0.3 is 0 Å². The van der Waals surface area contributed by atoms with Crippen LogP contribution in [0.4, 0.5) is 4.39 Å². The van der Waals surface area contributed by atoms with Crippen molar-refractivity contribution < 1.29 is 9.18 Å². The Labute approximate surface area is 179 Å². The molecule has 4 rings (SSSR count). The molecular weight excluding hydrogens is 391 g/mol. The number of nitrogens with zero attached hydrogens (tertiary/aromatic N) is 3. The normalized spacial score (nSPS) is 11.9. The van der Waals surface area contributed by atoms with Crippen LogP contribution in [0.3, 0.4) is 0 Å². The van der Waals surface area contributed by atoms with E-state index in [9.17, 15) is 9.18 Å². The Hall–Kier alpha value is -3.93. The highest BCUT2D eigenvalue weighted by Crippen LogP contribution is 2.41. The Morgan fingerprint density at radius 2 is 1.45 bits per heavy atom. The molecule has 5 nitrogen and oxygen atoms in total. The van der Waals surface area contributed by atoms with Crippen LogP contribution in [-0.2, 0) is 11.2 Å². The smallest absolute Gasteiger partial charge is 0.223 e. The van der Waals surface area contributed by atoms with Crippen LogP contribution in [-0.4, -0.2) is 20.9 Å². The largest absolute Gasteiger partial charge is 0.369 e. The summed E-state index contributed by atoms with van der Waals surface area (Å²) >= 11 is 0. The van der Waals surface area contributed by atoms with Gasteiger partial charge in [0.1, 0.15) is 5.82 Å². The van der Waals surface area contributed by atoms with Crippen LogP contribution in [0.25, 0.3) is 0 Å². The molecule has 0 aliphatic rings. The van der Waals surface area contributed by atoms with E-state index in [1.807, 2.05) is 48.8 Å². The number of pyridine rings is 3. The van der Waals surface area contributed by atoms with Crippen molar-refractivity contribution in [3.8, 4) is 0 Å². The van der Waals surface area contributed by atoms with Gasteiger partial charge in [0.15, 0.2) is 0 Å². The average molecular weight is 412 g/mol. The molecular formula is C25H21FN4O. The Morgan fingerprint density at radius 1 is 0.806 bits per heavy atom. The van der Waals surface area contributed by atoms with Gasteiger partial charge in [0.2, 0.25) is 5.91 Å². The molecule has 3 heterocycles. The summed E-state index contributed by atoms with van der Waals surface area (Å²) in [6.45, 7) is 0. The first kappa shape index (κ1) is 20.3. The maximum Gasteiger partial charge on any atom is 0.223 e. The number of carbonyl (C=O) groups is 1. The Kier molecular flexibility index (Phi) is 6.08. The lowest BCUT2D eigenvalue weighted by molar-refractivity contribution is -0.117. The molecule has 0 aliphatic carbocycles. The van der Waals surface area contributed by atoms with E-state index >= 15 is 0 Å². The van der Waals surface area contributed by atoms with Crippen LogP contribution in [0.15, 0.2) is 91.5 Å². The third-order valence-corrected chi connectivity index (χ3v) is 5.15. The first-order valence-corrected chi connectivity index (χ1v) is 9.91. The molecule has 0 saturated carbocycles. The average Bonchev–Trinajstić information content (AvgIpc) is 2.79. The molecule has 154 valence electrons. The number of benzene rings is 1. The zero-order valence-electron chi connectivity index (χ0n) is 16.7. The Bertz CT molecular complexity index is 1110. The van der Waals surface area contributed by atoms with Crippen LogP contribution in [0, 0.1) is 5.82 Å². The first-order chi connectivity index (χ1) is 15.1. The molecule has 1 atom stereocenters. The van der Waals surface area contributed by atoms with Gasteiger partial charge in [-0.25, -0.2) is 4.39 Å². The fourth-order valence-electron chi connectivity index (χ4n) is 3.85. The summed E-state index contributed by atoms with van der Waals surface area (Å²) < 4.78 is 13.7. The quantitative estimate of drug-likeness (QED) is 0.497. The summed E-state index contributed by atoms with van der Waals surface area (Å²) in [7, 11) is 0. The van der Waals surface area contributed by atoms with Crippen molar-refractivity contribution in [2.24, 2.45) is 5.73 Å². The van der Waals surface area contributed by atoms with Gasteiger partial charge in [0.25, 0.3) is 0 Å². The summed E-state index contributed by atoms with van der Waals surface area (Å²) in [5.41, 5.74) is 9.58. The van der Waals surface area contributed by atoms with Crippen molar-refractivity contribution in [3.05, 3.63) is 125 Å². The molecule has 0 spiro atoms. The number of carbonyl (C=O) groups excluding carboxylic acids is 1. The third kappa shape index (κ3) is 4.80. The van der Waals surface area contributed by atoms with Gasteiger partial charge in [-0.15, -0.1) is 0 Å². The fraction of sp³-hybridized carbons (Fsp3) is 0.120. The highest BCUT2D eigenvalue weighted by molar-refractivity contribution is 5.76. The van der Waals surface area contributed by atoms with Crippen molar-refractivity contribution in [1.82, 2.24) is 15.0 Å². The van der Waals surface area contributed by atoms with E-state index in [1.54, 1.807) is 30.6 Å². The third-order valence-electron chi connectivity index (χ3n) is 5.15. The highest BCUT2D eigenvalue weighted by Gasteiger charge is 2.30. The lowest BCUT2D eigenvalue weighted by atomic mass is 9.76. The van der Waals surface area contributed by atoms with Crippen molar-refractivity contribution in [1.29, 1.82) is 0 Å². The van der Waals surface area contributed by atoms with Gasteiger partial charge in [-0.2, -0.15) is 0 Å². The van der Waals surface area contributed by atoms with Crippen LogP contribution in [0.2, 0.25) is 0 Å². The van der Waals surface area contributed by atoms with Crippen LogP contribution in [0.5, 0.6) is 0 Å². The fourth-order valence-corrected chi connectivity index (χ4v) is 3.85. The molecule has 1 amide bonds. The van der Waals surface area contributed by atoms with Gasteiger partial charge in [0.05, 0.1) is 6.42 Å². The molecule has 6 heteroatoms. The first-order valence-electron chi connectivity index (χ1n) is 9.91. The maximum atomic E-state index is 13.7. The van der Waals surface area contributed by atoms with Gasteiger partial charge in [0, 0.05) is 48.0 Å². The predicted molar refractivity (Wildman–Crippen MR) is 116 cm³/mol. The molecule has 2 N–H and O–H groups in total. The van der Waals surface area contributed by atoms with Crippen LogP contribution in [0.1, 0.15) is 39.9 Å². The zero-order chi connectivity index (χ0) is 21.6. The Balaban J connectivity index is 1.92. The van der Waals surface area contributed by atoms with E-state index < -0.39 is 5.91 Å². The van der Waals surface area contributed by atoms with E-state index in [1.165, 1.54) is 12.1 Å². The number of rotatable bonds is 7. The van der Waals surface area contributed by atoms with E-state index in [-0.39, 0.29) is 24.1 Å². The summed E-state index contributed by atoms with van der Waals surface area (Å²) in [5, 5.41) is 0. The monoisotopic (exact) mass is 412 g/mol. The lowest BCUT2D eigenvalue weighted by Gasteiger charge is -2.28. The topological polar surface area (TPSA) is 81.8 Å². The molecule has 0 radical (unpaired) electrons. The van der Waals surface area contributed by atoms with Crippen molar-refractivity contribution in [2.45, 2.75) is 18.3 Å². The summed E-state index contributed by atoms with van der Waals surface area (Å²) in [6, 6.07) is 19.8. The van der Waals surface area contributed by atoms with Crippen LogP contribution < -0.4 is 5.73 Å². The summed E-state index contributed by atoms with van der Waals surface area (Å²) in [4.78, 5) is 24.8.